The van der Waals surface area contributed by atoms with E-state index in [0.29, 0.717) is 29.5 Å². The Labute approximate surface area is 163 Å². The number of aromatic nitrogens is 1. The summed E-state index contributed by atoms with van der Waals surface area (Å²) in [6.45, 7) is 0.472. The number of fused-ring (bicyclic) bond motifs is 3. The highest BCUT2D eigenvalue weighted by atomic mass is 16.5. The van der Waals surface area contributed by atoms with Crippen molar-refractivity contribution in [1.29, 1.82) is 0 Å². The Morgan fingerprint density at radius 2 is 1.61 bits per heavy atom. The zero-order valence-electron chi connectivity index (χ0n) is 15.9. The van der Waals surface area contributed by atoms with Crippen LogP contribution in [-0.2, 0) is 6.54 Å². The monoisotopic (exact) mass is 379 g/mol. The lowest BCUT2D eigenvalue weighted by Gasteiger charge is -2.31. The van der Waals surface area contributed by atoms with Gasteiger partial charge in [-0.3, -0.25) is 4.90 Å². The van der Waals surface area contributed by atoms with Gasteiger partial charge in [0.1, 0.15) is 0 Å². The molecule has 1 aliphatic heterocycles. The van der Waals surface area contributed by atoms with Crippen molar-refractivity contribution in [1.82, 2.24) is 4.57 Å². The summed E-state index contributed by atoms with van der Waals surface area (Å²) in [5.74, 6) is 1.43. The van der Waals surface area contributed by atoms with Crippen molar-refractivity contribution >= 4 is 17.4 Å². The molecule has 1 aliphatic rings. The molecule has 3 aromatic rings. The number of urea groups is 1. The number of amides is 2. The number of methoxy groups -OCH3 is 3. The quantitative estimate of drug-likeness (QED) is 0.743. The van der Waals surface area contributed by atoms with Crippen molar-refractivity contribution in [3.05, 3.63) is 60.4 Å². The second-order valence-electron chi connectivity index (χ2n) is 6.29. The maximum Gasteiger partial charge on any atom is 0.326 e. The number of hydrogen-bond acceptors (Lipinski definition) is 4. The van der Waals surface area contributed by atoms with E-state index in [1.165, 1.54) is 14.2 Å². The minimum atomic E-state index is -0.242. The highest BCUT2D eigenvalue weighted by Gasteiger charge is 2.26. The Kier molecular flexibility index (Phi) is 4.57. The first-order chi connectivity index (χ1) is 13.7. The predicted octanol–water partition coefficient (Wildman–Crippen LogP) is 4.06. The third-order valence-corrected chi connectivity index (χ3v) is 4.75. The number of nitrogens with zero attached hydrogens (tertiary/aromatic N) is 2. The molecule has 1 N–H and O–H groups in total. The molecule has 28 heavy (non-hydrogen) atoms. The molecule has 144 valence electrons. The largest absolute Gasteiger partial charge is 0.493 e. The number of nitrogens with one attached hydrogen (secondary N) is 1. The molecule has 2 aromatic carbocycles. The molecule has 0 radical (unpaired) electrons. The van der Waals surface area contributed by atoms with Crippen molar-refractivity contribution in [2.24, 2.45) is 0 Å². The molecule has 0 unspecified atom stereocenters. The standard InChI is InChI=1S/C21H21N3O4/c1-26-18-11-14(12-19(27-2)20(18)28-3)22-21(25)24-13-15-7-6-10-23(15)16-8-4-5-9-17(16)24/h4-12H,13H2,1-3H3,(H,22,25). The van der Waals surface area contributed by atoms with E-state index < -0.39 is 0 Å². The van der Waals surface area contributed by atoms with E-state index in [4.69, 9.17) is 14.2 Å². The average molecular weight is 379 g/mol. The van der Waals surface area contributed by atoms with Crippen molar-refractivity contribution in [3.63, 3.8) is 0 Å². The van der Waals surface area contributed by atoms with Crippen LogP contribution in [0, 0.1) is 0 Å². The van der Waals surface area contributed by atoms with Crippen LogP contribution in [-0.4, -0.2) is 31.9 Å². The van der Waals surface area contributed by atoms with Gasteiger partial charge in [0.05, 0.1) is 44.9 Å². The molecule has 0 fully saturated rings. The Morgan fingerprint density at radius 1 is 0.929 bits per heavy atom. The first kappa shape index (κ1) is 17.8. The molecule has 0 saturated carbocycles. The van der Waals surface area contributed by atoms with Gasteiger partial charge in [0.15, 0.2) is 11.5 Å². The summed E-state index contributed by atoms with van der Waals surface area (Å²) in [5.41, 5.74) is 3.40. The van der Waals surface area contributed by atoms with E-state index in [-0.39, 0.29) is 6.03 Å². The molecule has 0 spiro atoms. The summed E-state index contributed by atoms with van der Waals surface area (Å²) in [4.78, 5) is 14.8. The Hall–Kier alpha value is -3.61. The highest BCUT2D eigenvalue weighted by Crippen LogP contribution is 2.40. The lowest BCUT2D eigenvalue weighted by Crippen LogP contribution is -2.38. The summed E-state index contributed by atoms with van der Waals surface area (Å²) < 4.78 is 18.2. The van der Waals surface area contributed by atoms with Crippen molar-refractivity contribution < 1.29 is 19.0 Å². The van der Waals surface area contributed by atoms with Crippen molar-refractivity contribution in [2.45, 2.75) is 6.54 Å². The molecular weight excluding hydrogens is 358 g/mol. The van der Waals surface area contributed by atoms with Gasteiger partial charge in [-0.2, -0.15) is 0 Å². The van der Waals surface area contributed by atoms with Crippen molar-refractivity contribution in [2.75, 3.05) is 31.5 Å². The summed E-state index contributed by atoms with van der Waals surface area (Å²) in [6.07, 6.45) is 2.00. The fourth-order valence-corrected chi connectivity index (χ4v) is 3.45. The van der Waals surface area contributed by atoms with Gasteiger partial charge in [-0.25, -0.2) is 4.79 Å². The maximum atomic E-state index is 13.1. The molecule has 0 aliphatic carbocycles. The number of para-hydroxylation sites is 2. The number of benzene rings is 2. The zero-order valence-corrected chi connectivity index (χ0v) is 15.9. The molecule has 0 saturated heterocycles. The third-order valence-electron chi connectivity index (χ3n) is 4.75. The molecule has 2 amide bonds. The molecule has 7 heteroatoms. The van der Waals surface area contributed by atoms with Gasteiger partial charge in [0.2, 0.25) is 5.75 Å². The van der Waals surface area contributed by atoms with Gasteiger partial charge in [-0.05, 0) is 24.3 Å². The number of rotatable bonds is 4. The molecule has 0 atom stereocenters. The van der Waals surface area contributed by atoms with Crippen LogP contribution < -0.4 is 24.4 Å². The van der Waals surface area contributed by atoms with Gasteiger partial charge in [-0.15, -0.1) is 0 Å². The van der Waals surface area contributed by atoms with E-state index in [9.17, 15) is 4.79 Å². The lowest BCUT2D eigenvalue weighted by atomic mass is 10.2. The fraction of sp³-hybridized carbons (Fsp3) is 0.190. The number of carbonyl (C=O) groups excluding carboxylic acids is 1. The minimum Gasteiger partial charge on any atom is -0.493 e. The van der Waals surface area contributed by atoms with Crippen LogP contribution in [0.2, 0.25) is 0 Å². The number of carbonyl (C=O) groups is 1. The van der Waals surface area contributed by atoms with Crippen LogP contribution in [0.5, 0.6) is 17.2 Å². The SMILES string of the molecule is COc1cc(NC(=O)N2Cc3cccn3-c3ccccc32)cc(OC)c1OC. The predicted molar refractivity (Wildman–Crippen MR) is 107 cm³/mol. The van der Waals surface area contributed by atoms with Gasteiger partial charge >= 0.3 is 6.03 Å². The second-order valence-corrected chi connectivity index (χ2v) is 6.29. The molecule has 2 heterocycles. The first-order valence-corrected chi connectivity index (χ1v) is 8.80. The normalized spacial score (nSPS) is 12.0. The lowest BCUT2D eigenvalue weighted by molar-refractivity contribution is 0.256. The average Bonchev–Trinajstić information content (AvgIpc) is 3.21. The van der Waals surface area contributed by atoms with Gasteiger partial charge in [-0.1, -0.05) is 12.1 Å². The van der Waals surface area contributed by atoms with Crippen LogP contribution in [0.25, 0.3) is 5.69 Å². The number of ether oxygens (including phenoxy) is 3. The highest BCUT2D eigenvalue weighted by molar-refractivity contribution is 6.03. The summed E-state index contributed by atoms with van der Waals surface area (Å²) >= 11 is 0. The van der Waals surface area contributed by atoms with Gasteiger partial charge in [0, 0.05) is 24.0 Å². The van der Waals surface area contributed by atoms with E-state index >= 15 is 0 Å². The molecule has 1 aromatic heterocycles. The molecule has 0 bridgehead atoms. The molecular formula is C21H21N3O4. The first-order valence-electron chi connectivity index (χ1n) is 8.80. The second kappa shape index (κ2) is 7.19. The van der Waals surface area contributed by atoms with E-state index in [2.05, 4.69) is 9.88 Å². The number of anilines is 2. The third kappa shape index (κ3) is 2.90. The Balaban J connectivity index is 1.67. The topological polar surface area (TPSA) is 65.0 Å². The Bertz CT molecular complexity index is 1000. The van der Waals surface area contributed by atoms with E-state index in [1.54, 1.807) is 24.1 Å². The van der Waals surface area contributed by atoms with E-state index in [0.717, 1.165) is 17.1 Å². The van der Waals surface area contributed by atoms with Crippen LogP contribution in [0.3, 0.4) is 0 Å². The smallest absolute Gasteiger partial charge is 0.326 e. The summed E-state index contributed by atoms with van der Waals surface area (Å²) in [6, 6.07) is 15.0. The van der Waals surface area contributed by atoms with E-state index in [1.807, 2.05) is 42.6 Å². The van der Waals surface area contributed by atoms with Crippen LogP contribution in [0.1, 0.15) is 5.69 Å². The summed E-state index contributed by atoms with van der Waals surface area (Å²) in [7, 11) is 4.62. The molecule has 4 rings (SSSR count). The number of hydrogen-bond donors (Lipinski definition) is 1. The Morgan fingerprint density at radius 3 is 2.25 bits per heavy atom. The van der Waals surface area contributed by atoms with Crippen LogP contribution >= 0.6 is 0 Å². The summed E-state index contributed by atoms with van der Waals surface area (Å²) in [5, 5.41) is 2.94. The molecule has 7 nitrogen and oxygen atoms in total. The van der Waals surface area contributed by atoms with Crippen molar-refractivity contribution in [3.8, 4) is 22.9 Å². The minimum absolute atomic E-state index is 0.242. The van der Waals surface area contributed by atoms with Gasteiger partial charge < -0.3 is 24.1 Å². The fourth-order valence-electron chi connectivity index (χ4n) is 3.45. The maximum absolute atomic E-state index is 13.1. The van der Waals surface area contributed by atoms with Crippen LogP contribution in [0.4, 0.5) is 16.2 Å². The van der Waals surface area contributed by atoms with Gasteiger partial charge in [0.25, 0.3) is 0 Å². The van der Waals surface area contributed by atoms with Crippen LogP contribution in [0.15, 0.2) is 54.7 Å². The zero-order chi connectivity index (χ0) is 19.7.